The third-order valence-corrected chi connectivity index (χ3v) is 4.79. The van der Waals surface area contributed by atoms with E-state index >= 15 is 0 Å². The fourth-order valence-electron chi connectivity index (χ4n) is 3.35. The molecule has 1 unspecified atom stereocenters. The van der Waals surface area contributed by atoms with Gasteiger partial charge >= 0.3 is 0 Å². The number of anilines is 3. The van der Waals surface area contributed by atoms with Gasteiger partial charge in [0.25, 0.3) is 0 Å². The normalized spacial score (nSPS) is 17.1. The molecule has 1 aliphatic heterocycles. The average molecular weight is 354 g/mol. The lowest BCUT2D eigenvalue weighted by molar-refractivity contribution is 0.120. The summed E-state index contributed by atoms with van der Waals surface area (Å²) in [5.74, 6) is 2.33. The molecule has 5 nitrogen and oxygen atoms in total. The van der Waals surface area contributed by atoms with E-state index in [0.29, 0.717) is 17.8 Å². The SMILES string of the molecule is CC(C)c1cccc(C(C)C)c1Nc1ccnc(NCC2CCCO2)n1. The third kappa shape index (κ3) is 4.52. The van der Waals surface area contributed by atoms with Crippen LogP contribution in [0.3, 0.4) is 0 Å². The van der Waals surface area contributed by atoms with Crippen LogP contribution in [-0.2, 0) is 4.74 Å². The van der Waals surface area contributed by atoms with E-state index in [0.717, 1.165) is 31.8 Å². The first-order valence-electron chi connectivity index (χ1n) is 9.63. The van der Waals surface area contributed by atoms with E-state index in [-0.39, 0.29) is 6.10 Å². The fourth-order valence-corrected chi connectivity index (χ4v) is 3.35. The number of para-hydroxylation sites is 1. The summed E-state index contributed by atoms with van der Waals surface area (Å²) < 4.78 is 5.65. The molecule has 140 valence electrons. The number of hydrogen-bond acceptors (Lipinski definition) is 5. The maximum atomic E-state index is 5.65. The van der Waals surface area contributed by atoms with E-state index in [1.54, 1.807) is 6.20 Å². The first-order chi connectivity index (χ1) is 12.5. The Hall–Kier alpha value is -2.14. The first-order valence-corrected chi connectivity index (χ1v) is 9.63. The van der Waals surface area contributed by atoms with Crippen LogP contribution in [0.25, 0.3) is 0 Å². The van der Waals surface area contributed by atoms with Gasteiger partial charge in [-0.25, -0.2) is 4.98 Å². The van der Waals surface area contributed by atoms with E-state index in [4.69, 9.17) is 4.74 Å². The van der Waals surface area contributed by atoms with Crippen molar-refractivity contribution in [3.8, 4) is 0 Å². The predicted octanol–water partition coefficient (Wildman–Crippen LogP) is 5.06. The summed E-state index contributed by atoms with van der Waals surface area (Å²) in [6.45, 7) is 10.5. The van der Waals surface area contributed by atoms with Crippen LogP contribution in [0.4, 0.5) is 17.5 Å². The molecular formula is C21H30N4O. The van der Waals surface area contributed by atoms with Gasteiger partial charge in [-0.05, 0) is 41.9 Å². The highest BCUT2D eigenvalue weighted by Gasteiger charge is 2.16. The number of benzene rings is 1. The smallest absolute Gasteiger partial charge is 0.224 e. The molecule has 1 fully saturated rings. The van der Waals surface area contributed by atoms with Gasteiger partial charge in [0.15, 0.2) is 0 Å². The zero-order valence-corrected chi connectivity index (χ0v) is 16.2. The molecule has 0 bridgehead atoms. The van der Waals surface area contributed by atoms with Crippen LogP contribution < -0.4 is 10.6 Å². The Bertz CT molecular complexity index is 697. The number of hydrogen-bond donors (Lipinski definition) is 2. The minimum absolute atomic E-state index is 0.268. The zero-order chi connectivity index (χ0) is 18.5. The summed E-state index contributed by atoms with van der Waals surface area (Å²) in [5.41, 5.74) is 3.79. The third-order valence-electron chi connectivity index (χ3n) is 4.79. The highest BCUT2D eigenvalue weighted by Crippen LogP contribution is 2.34. The van der Waals surface area contributed by atoms with Crippen LogP contribution in [0.2, 0.25) is 0 Å². The summed E-state index contributed by atoms with van der Waals surface area (Å²) in [4.78, 5) is 8.98. The predicted molar refractivity (Wildman–Crippen MR) is 107 cm³/mol. The fraction of sp³-hybridized carbons (Fsp3) is 0.524. The quantitative estimate of drug-likeness (QED) is 0.728. The minimum Gasteiger partial charge on any atom is -0.376 e. The van der Waals surface area contributed by atoms with Crippen LogP contribution in [0.5, 0.6) is 0 Å². The van der Waals surface area contributed by atoms with E-state index < -0.39 is 0 Å². The van der Waals surface area contributed by atoms with Crippen LogP contribution in [0.15, 0.2) is 30.5 Å². The van der Waals surface area contributed by atoms with Crippen LogP contribution in [0, 0.1) is 0 Å². The molecule has 2 N–H and O–H groups in total. The molecule has 0 radical (unpaired) electrons. The second kappa shape index (κ2) is 8.49. The van der Waals surface area contributed by atoms with Gasteiger partial charge in [0, 0.05) is 25.0 Å². The molecule has 1 saturated heterocycles. The molecule has 1 atom stereocenters. The van der Waals surface area contributed by atoms with Crippen molar-refractivity contribution in [2.75, 3.05) is 23.8 Å². The van der Waals surface area contributed by atoms with Gasteiger partial charge < -0.3 is 15.4 Å². The Balaban J connectivity index is 1.79. The van der Waals surface area contributed by atoms with Gasteiger partial charge in [-0.1, -0.05) is 45.9 Å². The van der Waals surface area contributed by atoms with Crippen molar-refractivity contribution in [3.63, 3.8) is 0 Å². The van der Waals surface area contributed by atoms with Crippen molar-refractivity contribution in [1.82, 2.24) is 9.97 Å². The average Bonchev–Trinajstić information content (AvgIpc) is 3.13. The minimum atomic E-state index is 0.268. The van der Waals surface area contributed by atoms with Gasteiger partial charge in [0.2, 0.25) is 5.95 Å². The monoisotopic (exact) mass is 354 g/mol. The maximum absolute atomic E-state index is 5.65. The lowest BCUT2D eigenvalue weighted by Gasteiger charge is -2.20. The molecule has 0 saturated carbocycles. The van der Waals surface area contributed by atoms with Crippen molar-refractivity contribution in [2.24, 2.45) is 0 Å². The molecule has 3 rings (SSSR count). The molecule has 0 amide bonds. The second-order valence-electron chi connectivity index (χ2n) is 7.53. The van der Waals surface area contributed by atoms with Crippen molar-refractivity contribution >= 4 is 17.5 Å². The molecular weight excluding hydrogens is 324 g/mol. The highest BCUT2D eigenvalue weighted by atomic mass is 16.5. The Morgan fingerprint density at radius 2 is 1.85 bits per heavy atom. The van der Waals surface area contributed by atoms with Gasteiger partial charge in [-0.2, -0.15) is 4.98 Å². The van der Waals surface area contributed by atoms with Gasteiger partial charge in [-0.3, -0.25) is 0 Å². The lowest BCUT2D eigenvalue weighted by atomic mass is 9.92. The Kier molecular flexibility index (Phi) is 6.09. The van der Waals surface area contributed by atoms with Gasteiger partial charge in [0.05, 0.1) is 6.10 Å². The molecule has 0 aliphatic carbocycles. The Labute approximate surface area is 156 Å². The van der Waals surface area contributed by atoms with E-state index in [2.05, 4.69) is 66.5 Å². The Morgan fingerprint density at radius 3 is 2.46 bits per heavy atom. The summed E-state index contributed by atoms with van der Waals surface area (Å²) in [5, 5.41) is 6.85. The number of nitrogens with one attached hydrogen (secondary N) is 2. The lowest BCUT2D eigenvalue weighted by Crippen LogP contribution is -2.19. The largest absolute Gasteiger partial charge is 0.376 e. The van der Waals surface area contributed by atoms with Crippen LogP contribution >= 0.6 is 0 Å². The number of ether oxygens (including phenoxy) is 1. The van der Waals surface area contributed by atoms with Crippen LogP contribution in [0.1, 0.15) is 63.5 Å². The molecule has 2 heterocycles. The molecule has 0 spiro atoms. The van der Waals surface area contributed by atoms with Crippen molar-refractivity contribution in [2.45, 2.75) is 58.5 Å². The maximum Gasteiger partial charge on any atom is 0.224 e. The van der Waals surface area contributed by atoms with E-state index in [1.165, 1.54) is 16.8 Å². The number of rotatable bonds is 7. The first kappa shape index (κ1) is 18.6. The molecule has 5 heteroatoms. The topological polar surface area (TPSA) is 59.1 Å². The number of aromatic nitrogens is 2. The van der Waals surface area contributed by atoms with E-state index in [9.17, 15) is 0 Å². The summed E-state index contributed by atoms with van der Waals surface area (Å²) in [6, 6.07) is 8.44. The Morgan fingerprint density at radius 1 is 1.12 bits per heavy atom. The zero-order valence-electron chi connectivity index (χ0n) is 16.2. The standard InChI is InChI=1S/C21H30N4O/c1-14(2)17-8-5-9-18(15(3)4)20(17)24-19-10-11-22-21(25-19)23-13-16-7-6-12-26-16/h5,8-11,14-16H,6-7,12-13H2,1-4H3,(H2,22,23,24,25). The molecule has 1 aliphatic rings. The van der Waals surface area contributed by atoms with Crippen molar-refractivity contribution < 1.29 is 4.74 Å². The van der Waals surface area contributed by atoms with E-state index in [1.807, 2.05) is 6.07 Å². The molecule has 2 aromatic rings. The molecule has 1 aromatic heterocycles. The summed E-state index contributed by atoms with van der Waals surface area (Å²) in [7, 11) is 0. The second-order valence-corrected chi connectivity index (χ2v) is 7.53. The molecule has 26 heavy (non-hydrogen) atoms. The van der Waals surface area contributed by atoms with Crippen LogP contribution in [-0.4, -0.2) is 29.2 Å². The van der Waals surface area contributed by atoms with Crippen molar-refractivity contribution in [1.29, 1.82) is 0 Å². The van der Waals surface area contributed by atoms with Gasteiger partial charge in [-0.15, -0.1) is 0 Å². The van der Waals surface area contributed by atoms with Gasteiger partial charge in [0.1, 0.15) is 5.82 Å². The van der Waals surface area contributed by atoms with Crippen molar-refractivity contribution in [3.05, 3.63) is 41.6 Å². The summed E-state index contributed by atoms with van der Waals surface area (Å²) >= 11 is 0. The number of nitrogens with zero attached hydrogens (tertiary/aromatic N) is 2. The molecule has 1 aromatic carbocycles. The summed E-state index contributed by atoms with van der Waals surface area (Å²) in [6.07, 6.45) is 4.30. The highest BCUT2D eigenvalue weighted by molar-refractivity contribution is 5.67.